The molecule has 28 heavy (non-hydrogen) atoms. The minimum atomic E-state index is -0.597. The fourth-order valence-electron chi connectivity index (χ4n) is 3.72. The molecule has 2 aromatic carbocycles. The van der Waals surface area contributed by atoms with E-state index in [9.17, 15) is 10.2 Å². The van der Waals surface area contributed by atoms with Gasteiger partial charge in [-0.2, -0.15) is 0 Å². The lowest BCUT2D eigenvalue weighted by Crippen LogP contribution is -2.36. The summed E-state index contributed by atoms with van der Waals surface area (Å²) in [7, 11) is 0. The van der Waals surface area contributed by atoms with Crippen LogP contribution in [0.2, 0.25) is 5.02 Å². The second-order valence-corrected chi connectivity index (χ2v) is 7.52. The molecular weight excluding hydrogens is 374 g/mol. The van der Waals surface area contributed by atoms with Crippen molar-refractivity contribution < 1.29 is 10.2 Å². The Morgan fingerprint density at radius 2 is 1.64 bits per heavy atom. The van der Waals surface area contributed by atoms with Crippen LogP contribution in [0.25, 0.3) is 11.1 Å². The molecule has 0 saturated carbocycles. The van der Waals surface area contributed by atoms with Crippen molar-refractivity contribution in [2.75, 3.05) is 18.0 Å². The quantitative estimate of drug-likeness (QED) is 0.682. The molecule has 2 heterocycles. The Bertz CT molecular complexity index is 926. The number of hydrogen-bond donors (Lipinski definition) is 2. The van der Waals surface area contributed by atoms with Crippen LogP contribution < -0.4 is 4.90 Å². The molecule has 1 saturated heterocycles. The molecule has 4 rings (SSSR count). The molecule has 1 fully saturated rings. The number of nitrogens with zero attached hydrogens (tertiary/aromatic N) is 3. The van der Waals surface area contributed by atoms with E-state index in [1.807, 2.05) is 48.5 Å². The molecule has 144 valence electrons. The molecule has 1 aliphatic heterocycles. The van der Waals surface area contributed by atoms with Crippen LogP contribution >= 0.6 is 11.6 Å². The van der Waals surface area contributed by atoms with E-state index in [1.54, 1.807) is 0 Å². The highest BCUT2D eigenvalue weighted by atomic mass is 35.5. The Morgan fingerprint density at radius 1 is 0.964 bits per heavy atom. The van der Waals surface area contributed by atoms with Crippen LogP contribution in [0.1, 0.15) is 24.5 Å². The van der Waals surface area contributed by atoms with Gasteiger partial charge in [-0.1, -0.05) is 54.1 Å². The lowest BCUT2D eigenvalue weighted by atomic mass is 9.87. The van der Waals surface area contributed by atoms with E-state index in [-0.39, 0.29) is 11.7 Å². The summed E-state index contributed by atoms with van der Waals surface area (Å²) in [5, 5.41) is 20.8. The minimum Gasteiger partial charge on any atom is -0.505 e. The Hall–Kier alpha value is -2.63. The van der Waals surface area contributed by atoms with E-state index in [2.05, 4.69) is 14.9 Å². The molecule has 5 nitrogen and oxygen atoms in total. The number of aromatic hydroxyl groups is 1. The second kappa shape index (κ2) is 8.17. The largest absolute Gasteiger partial charge is 0.505 e. The summed E-state index contributed by atoms with van der Waals surface area (Å²) in [5.41, 5.74) is 2.93. The van der Waals surface area contributed by atoms with E-state index in [0.717, 1.165) is 42.6 Å². The molecule has 1 unspecified atom stereocenters. The molecule has 3 aromatic rings. The smallest absolute Gasteiger partial charge is 0.225 e. The number of aliphatic hydroxyl groups excluding tert-OH is 1. The summed E-state index contributed by atoms with van der Waals surface area (Å²) in [6, 6.07) is 15.9. The Morgan fingerprint density at radius 3 is 2.29 bits per heavy atom. The van der Waals surface area contributed by atoms with Crippen LogP contribution in [0.15, 0.2) is 60.9 Å². The molecular formula is C22H22ClN3O2. The first kappa shape index (κ1) is 18.7. The van der Waals surface area contributed by atoms with Crippen LogP contribution in [0.4, 0.5) is 5.95 Å². The molecule has 6 heteroatoms. The van der Waals surface area contributed by atoms with Crippen molar-refractivity contribution in [3.8, 4) is 16.9 Å². The SMILES string of the molecule is Oc1cnc(N2CCC(C(O)c3ccc(-c4ccccc4)cc3Cl)CC2)nc1. The summed E-state index contributed by atoms with van der Waals surface area (Å²) < 4.78 is 0. The number of aromatic nitrogens is 2. The van der Waals surface area contributed by atoms with Gasteiger partial charge in [0, 0.05) is 18.1 Å². The average Bonchev–Trinajstić information content (AvgIpc) is 2.74. The second-order valence-electron chi connectivity index (χ2n) is 7.11. The van der Waals surface area contributed by atoms with E-state index < -0.39 is 6.10 Å². The maximum absolute atomic E-state index is 10.9. The van der Waals surface area contributed by atoms with E-state index in [0.29, 0.717) is 11.0 Å². The number of benzene rings is 2. The zero-order valence-electron chi connectivity index (χ0n) is 15.4. The highest BCUT2D eigenvalue weighted by Gasteiger charge is 2.28. The van der Waals surface area contributed by atoms with Crippen molar-refractivity contribution in [3.63, 3.8) is 0 Å². The predicted molar refractivity (Wildman–Crippen MR) is 110 cm³/mol. The molecule has 0 spiro atoms. The normalized spacial score (nSPS) is 16.1. The monoisotopic (exact) mass is 395 g/mol. The third-order valence-electron chi connectivity index (χ3n) is 5.32. The van der Waals surface area contributed by atoms with Gasteiger partial charge in [-0.3, -0.25) is 0 Å². The lowest BCUT2D eigenvalue weighted by molar-refractivity contribution is 0.0929. The van der Waals surface area contributed by atoms with Crippen molar-refractivity contribution in [2.45, 2.75) is 18.9 Å². The number of aliphatic hydroxyl groups is 1. The Labute approximate surface area is 169 Å². The van der Waals surface area contributed by atoms with Gasteiger partial charge in [0.2, 0.25) is 5.95 Å². The molecule has 0 aliphatic carbocycles. The van der Waals surface area contributed by atoms with Gasteiger partial charge in [0.25, 0.3) is 0 Å². The van der Waals surface area contributed by atoms with Crippen molar-refractivity contribution in [2.24, 2.45) is 5.92 Å². The fourth-order valence-corrected chi connectivity index (χ4v) is 4.02. The first-order chi connectivity index (χ1) is 13.6. The van der Waals surface area contributed by atoms with Crippen LogP contribution in [0.5, 0.6) is 5.75 Å². The molecule has 1 aliphatic rings. The van der Waals surface area contributed by atoms with Gasteiger partial charge in [0.15, 0.2) is 5.75 Å². The highest BCUT2D eigenvalue weighted by Crippen LogP contribution is 2.36. The van der Waals surface area contributed by atoms with Crippen molar-refractivity contribution in [1.29, 1.82) is 0 Å². The van der Waals surface area contributed by atoms with Gasteiger partial charge >= 0.3 is 0 Å². The minimum absolute atomic E-state index is 0.0580. The summed E-state index contributed by atoms with van der Waals surface area (Å²) in [5.74, 6) is 0.798. The van der Waals surface area contributed by atoms with Crippen LogP contribution in [-0.4, -0.2) is 33.3 Å². The molecule has 2 N–H and O–H groups in total. The third-order valence-corrected chi connectivity index (χ3v) is 5.65. The number of anilines is 1. The maximum Gasteiger partial charge on any atom is 0.225 e. The first-order valence-electron chi connectivity index (χ1n) is 9.41. The molecule has 0 radical (unpaired) electrons. The summed E-state index contributed by atoms with van der Waals surface area (Å²) >= 11 is 6.52. The molecule has 0 amide bonds. The lowest BCUT2D eigenvalue weighted by Gasteiger charge is -2.34. The van der Waals surface area contributed by atoms with Gasteiger partial charge in [-0.05, 0) is 41.5 Å². The Balaban J connectivity index is 1.44. The number of piperidine rings is 1. The number of halogens is 1. The first-order valence-corrected chi connectivity index (χ1v) is 9.78. The van der Waals surface area contributed by atoms with Gasteiger partial charge in [0.05, 0.1) is 18.5 Å². The van der Waals surface area contributed by atoms with Crippen molar-refractivity contribution >= 4 is 17.5 Å². The average molecular weight is 396 g/mol. The molecule has 0 bridgehead atoms. The maximum atomic E-state index is 10.9. The van der Waals surface area contributed by atoms with Crippen molar-refractivity contribution in [1.82, 2.24) is 9.97 Å². The van der Waals surface area contributed by atoms with Crippen LogP contribution in [0, 0.1) is 5.92 Å². The predicted octanol–water partition coefficient (Wildman–Crippen LogP) is 4.45. The summed E-state index contributed by atoms with van der Waals surface area (Å²) in [4.78, 5) is 10.4. The third kappa shape index (κ3) is 3.96. The van der Waals surface area contributed by atoms with E-state index in [4.69, 9.17) is 11.6 Å². The van der Waals surface area contributed by atoms with Crippen LogP contribution in [-0.2, 0) is 0 Å². The Kier molecular flexibility index (Phi) is 5.46. The van der Waals surface area contributed by atoms with Gasteiger partial charge in [0.1, 0.15) is 0 Å². The van der Waals surface area contributed by atoms with E-state index >= 15 is 0 Å². The zero-order valence-corrected chi connectivity index (χ0v) is 16.1. The van der Waals surface area contributed by atoms with Crippen LogP contribution in [0.3, 0.4) is 0 Å². The standard InChI is InChI=1S/C22H22ClN3O2/c23-20-12-17(15-4-2-1-3-5-15)6-7-19(20)21(28)16-8-10-26(11-9-16)22-24-13-18(27)14-25-22/h1-7,12-14,16,21,27-28H,8-11H2. The topological polar surface area (TPSA) is 69.5 Å². The molecule has 1 aromatic heterocycles. The fraction of sp³-hybridized carbons (Fsp3) is 0.273. The summed E-state index contributed by atoms with van der Waals surface area (Å²) in [6.07, 6.45) is 3.85. The van der Waals surface area contributed by atoms with Gasteiger partial charge in [-0.25, -0.2) is 9.97 Å². The highest BCUT2D eigenvalue weighted by molar-refractivity contribution is 6.31. The van der Waals surface area contributed by atoms with Gasteiger partial charge in [-0.15, -0.1) is 0 Å². The van der Waals surface area contributed by atoms with Crippen molar-refractivity contribution in [3.05, 3.63) is 71.5 Å². The number of rotatable bonds is 4. The van der Waals surface area contributed by atoms with E-state index in [1.165, 1.54) is 12.4 Å². The zero-order chi connectivity index (χ0) is 19.5. The molecule has 1 atom stereocenters. The number of hydrogen-bond acceptors (Lipinski definition) is 5. The van der Waals surface area contributed by atoms with Gasteiger partial charge < -0.3 is 15.1 Å². The summed E-state index contributed by atoms with van der Waals surface area (Å²) in [6.45, 7) is 1.51.